The topological polar surface area (TPSA) is 35.8 Å². The molecule has 1 rings (SSSR count). The summed E-state index contributed by atoms with van der Waals surface area (Å²) in [6, 6.07) is 7.15. The van der Waals surface area contributed by atoms with Gasteiger partial charge in [-0.15, -0.1) is 0 Å². The smallest absolute Gasteiger partial charge is 0.122 e. The van der Waals surface area contributed by atoms with Crippen molar-refractivity contribution in [3.05, 3.63) is 33.8 Å². The third-order valence-corrected chi connectivity index (χ3v) is 3.33. The molecular formula is C13H16Cl2N2. The Morgan fingerprint density at radius 1 is 1.35 bits per heavy atom. The largest absolute Gasteiger partial charge is 0.298 e. The summed E-state index contributed by atoms with van der Waals surface area (Å²) < 4.78 is 0. The standard InChI is InChI=1S/C13H16Cl2N2/c1-9(2)6-7-17-12(8-16)10-4-3-5-11(14)13(10)15/h3-5,9,12,17H,6-7H2,1-2H3. The van der Waals surface area contributed by atoms with Crippen LogP contribution in [0.4, 0.5) is 0 Å². The van der Waals surface area contributed by atoms with Crippen molar-refractivity contribution in [3.8, 4) is 6.07 Å². The number of hydrogen-bond acceptors (Lipinski definition) is 2. The Morgan fingerprint density at radius 3 is 2.65 bits per heavy atom. The number of benzene rings is 1. The zero-order valence-corrected chi connectivity index (χ0v) is 11.5. The molecule has 0 fully saturated rings. The normalized spacial score (nSPS) is 12.5. The van der Waals surface area contributed by atoms with Crippen LogP contribution in [0.1, 0.15) is 31.9 Å². The second-order valence-electron chi connectivity index (χ2n) is 4.34. The van der Waals surface area contributed by atoms with Gasteiger partial charge in [-0.1, -0.05) is 49.2 Å². The second-order valence-corrected chi connectivity index (χ2v) is 5.13. The molecule has 0 aliphatic carbocycles. The van der Waals surface area contributed by atoms with Gasteiger partial charge in [0.05, 0.1) is 16.1 Å². The lowest BCUT2D eigenvalue weighted by atomic mass is 10.1. The molecule has 0 amide bonds. The SMILES string of the molecule is CC(C)CCNC(C#N)c1cccc(Cl)c1Cl. The van der Waals surface area contributed by atoms with E-state index in [0.717, 1.165) is 18.5 Å². The van der Waals surface area contributed by atoms with Gasteiger partial charge in [0.2, 0.25) is 0 Å². The molecule has 0 saturated heterocycles. The molecule has 1 atom stereocenters. The van der Waals surface area contributed by atoms with E-state index >= 15 is 0 Å². The molecule has 0 aliphatic rings. The van der Waals surface area contributed by atoms with Crippen LogP contribution in [0.15, 0.2) is 18.2 Å². The average Bonchev–Trinajstić information content (AvgIpc) is 2.28. The molecule has 0 bridgehead atoms. The molecule has 92 valence electrons. The second kappa shape index (κ2) is 6.86. The van der Waals surface area contributed by atoms with Crippen molar-refractivity contribution in [1.82, 2.24) is 5.32 Å². The lowest BCUT2D eigenvalue weighted by Crippen LogP contribution is -2.22. The molecule has 2 nitrogen and oxygen atoms in total. The van der Waals surface area contributed by atoms with Crippen LogP contribution in [0.5, 0.6) is 0 Å². The van der Waals surface area contributed by atoms with E-state index in [2.05, 4.69) is 25.2 Å². The van der Waals surface area contributed by atoms with Gasteiger partial charge in [0.25, 0.3) is 0 Å². The first-order chi connectivity index (χ1) is 8.06. The van der Waals surface area contributed by atoms with E-state index in [1.54, 1.807) is 12.1 Å². The molecule has 0 aliphatic heterocycles. The van der Waals surface area contributed by atoms with Gasteiger partial charge in [-0.2, -0.15) is 5.26 Å². The summed E-state index contributed by atoms with van der Waals surface area (Å²) in [5.74, 6) is 0.608. The number of nitrogens with zero attached hydrogens (tertiary/aromatic N) is 1. The van der Waals surface area contributed by atoms with Gasteiger partial charge in [0, 0.05) is 5.56 Å². The quantitative estimate of drug-likeness (QED) is 0.871. The molecule has 0 radical (unpaired) electrons. The summed E-state index contributed by atoms with van der Waals surface area (Å²) in [7, 11) is 0. The van der Waals surface area contributed by atoms with E-state index in [9.17, 15) is 0 Å². The zero-order chi connectivity index (χ0) is 12.8. The molecule has 1 aromatic carbocycles. The zero-order valence-electron chi connectivity index (χ0n) is 10.0. The van der Waals surface area contributed by atoms with Gasteiger partial charge < -0.3 is 0 Å². The van der Waals surface area contributed by atoms with Gasteiger partial charge in [-0.3, -0.25) is 5.32 Å². The highest BCUT2D eigenvalue weighted by Crippen LogP contribution is 2.29. The van der Waals surface area contributed by atoms with Crippen LogP contribution in [0.2, 0.25) is 10.0 Å². The van der Waals surface area contributed by atoms with Crippen LogP contribution in [0, 0.1) is 17.2 Å². The average molecular weight is 271 g/mol. The van der Waals surface area contributed by atoms with E-state index < -0.39 is 6.04 Å². The fraction of sp³-hybridized carbons (Fsp3) is 0.462. The Bertz CT molecular complexity index is 410. The van der Waals surface area contributed by atoms with Crippen molar-refractivity contribution in [1.29, 1.82) is 5.26 Å². The molecule has 0 aromatic heterocycles. The maximum Gasteiger partial charge on any atom is 0.122 e. The number of rotatable bonds is 5. The number of nitriles is 1. The molecule has 0 heterocycles. The Hall–Kier alpha value is -0.750. The minimum Gasteiger partial charge on any atom is -0.298 e. The molecule has 1 unspecified atom stereocenters. The highest BCUT2D eigenvalue weighted by molar-refractivity contribution is 6.42. The fourth-order valence-electron chi connectivity index (χ4n) is 1.48. The molecule has 17 heavy (non-hydrogen) atoms. The third kappa shape index (κ3) is 4.20. The third-order valence-electron chi connectivity index (χ3n) is 2.49. The summed E-state index contributed by atoms with van der Waals surface area (Å²) in [6.45, 7) is 5.09. The first-order valence-electron chi connectivity index (χ1n) is 5.63. The Morgan fingerprint density at radius 2 is 2.06 bits per heavy atom. The molecule has 1 N–H and O–H groups in total. The van der Waals surface area contributed by atoms with Crippen molar-refractivity contribution in [3.63, 3.8) is 0 Å². The minimum absolute atomic E-state index is 0.403. The lowest BCUT2D eigenvalue weighted by molar-refractivity contribution is 0.519. The van der Waals surface area contributed by atoms with Crippen molar-refractivity contribution in [2.45, 2.75) is 26.3 Å². The van der Waals surface area contributed by atoms with E-state index in [0.29, 0.717) is 16.0 Å². The Kier molecular flexibility index (Phi) is 5.77. The fourth-order valence-corrected chi connectivity index (χ4v) is 1.90. The van der Waals surface area contributed by atoms with Crippen molar-refractivity contribution in [2.24, 2.45) is 5.92 Å². The first kappa shape index (κ1) is 14.3. The first-order valence-corrected chi connectivity index (χ1v) is 6.38. The predicted molar refractivity (Wildman–Crippen MR) is 72.3 cm³/mol. The van der Waals surface area contributed by atoms with Crippen molar-refractivity contribution >= 4 is 23.2 Å². The summed E-state index contributed by atoms with van der Waals surface area (Å²) in [6.07, 6.45) is 1.02. The van der Waals surface area contributed by atoms with E-state index in [4.69, 9.17) is 28.5 Å². The Labute approximate surface area is 113 Å². The highest BCUT2D eigenvalue weighted by Gasteiger charge is 2.15. The summed E-state index contributed by atoms with van der Waals surface area (Å²) in [5, 5.41) is 13.3. The summed E-state index contributed by atoms with van der Waals surface area (Å²) in [4.78, 5) is 0. The Balaban J connectivity index is 2.74. The summed E-state index contributed by atoms with van der Waals surface area (Å²) in [5.41, 5.74) is 0.741. The number of nitrogens with one attached hydrogen (secondary N) is 1. The lowest BCUT2D eigenvalue weighted by Gasteiger charge is -2.14. The van der Waals surface area contributed by atoms with Crippen LogP contribution in [-0.4, -0.2) is 6.54 Å². The monoisotopic (exact) mass is 270 g/mol. The molecule has 0 saturated carbocycles. The maximum atomic E-state index is 9.15. The van der Waals surface area contributed by atoms with Gasteiger partial charge in [-0.25, -0.2) is 0 Å². The van der Waals surface area contributed by atoms with Crippen molar-refractivity contribution < 1.29 is 0 Å². The maximum absolute atomic E-state index is 9.15. The molecular weight excluding hydrogens is 255 g/mol. The van der Waals surface area contributed by atoms with Gasteiger partial charge in [-0.05, 0) is 24.9 Å². The van der Waals surface area contributed by atoms with Gasteiger partial charge in [0.15, 0.2) is 0 Å². The molecule has 4 heteroatoms. The van der Waals surface area contributed by atoms with Crippen LogP contribution in [-0.2, 0) is 0 Å². The number of halogens is 2. The van der Waals surface area contributed by atoms with E-state index in [1.165, 1.54) is 0 Å². The summed E-state index contributed by atoms with van der Waals surface area (Å²) >= 11 is 12.0. The highest BCUT2D eigenvalue weighted by atomic mass is 35.5. The van der Waals surface area contributed by atoms with Crippen molar-refractivity contribution in [2.75, 3.05) is 6.54 Å². The predicted octanol–water partition coefficient (Wildman–Crippen LogP) is 4.19. The van der Waals surface area contributed by atoms with Crippen LogP contribution in [0.3, 0.4) is 0 Å². The van der Waals surface area contributed by atoms with Crippen LogP contribution < -0.4 is 5.32 Å². The van der Waals surface area contributed by atoms with E-state index in [-0.39, 0.29) is 0 Å². The van der Waals surface area contributed by atoms with Gasteiger partial charge in [0.1, 0.15) is 6.04 Å². The minimum atomic E-state index is -0.403. The molecule has 1 aromatic rings. The number of hydrogen-bond donors (Lipinski definition) is 1. The van der Waals surface area contributed by atoms with E-state index in [1.807, 2.05) is 6.07 Å². The molecule has 0 spiro atoms. The van der Waals surface area contributed by atoms with Gasteiger partial charge >= 0.3 is 0 Å². The van der Waals surface area contributed by atoms with Crippen LogP contribution in [0.25, 0.3) is 0 Å². The van der Waals surface area contributed by atoms with Crippen LogP contribution >= 0.6 is 23.2 Å².